The van der Waals surface area contributed by atoms with Crippen molar-refractivity contribution in [3.63, 3.8) is 0 Å². The van der Waals surface area contributed by atoms with E-state index in [1.54, 1.807) is 9.80 Å². The molecule has 0 unspecified atom stereocenters. The molecule has 10 heteroatoms. The van der Waals surface area contributed by atoms with Crippen LogP contribution in [-0.2, 0) is 28.5 Å². The van der Waals surface area contributed by atoms with Crippen LogP contribution in [0.25, 0.3) is 0 Å². The summed E-state index contributed by atoms with van der Waals surface area (Å²) in [7, 11) is 2.76. The Morgan fingerprint density at radius 2 is 1.22 bits per heavy atom. The number of carbonyl (C=O) groups excluding carboxylic acids is 4. The molecule has 10 nitrogen and oxygen atoms in total. The number of hydrogen-bond acceptors (Lipinski definition) is 8. The summed E-state index contributed by atoms with van der Waals surface area (Å²) in [4.78, 5) is 49.2. The van der Waals surface area contributed by atoms with E-state index in [0.29, 0.717) is 51.4 Å². The van der Waals surface area contributed by atoms with E-state index in [9.17, 15) is 19.2 Å². The maximum atomic E-state index is 11.8. The van der Waals surface area contributed by atoms with Gasteiger partial charge in [-0.3, -0.25) is 4.79 Å². The molecule has 0 radical (unpaired) electrons. The quantitative estimate of drug-likeness (QED) is 0.312. The van der Waals surface area contributed by atoms with E-state index in [0.717, 1.165) is 18.4 Å². The summed E-state index contributed by atoms with van der Waals surface area (Å²) in [6.07, 6.45) is 4.43. The normalized spacial score (nSPS) is 16.8. The third-order valence-electron chi connectivity index (χ3n) is 5.53. The van der Waals surface area contributed by atoms with Crippen molar-refractivity contribution in [1.82, 2.24) is 9.80 Å². The predicted molar refractivity (Wildman–Crippen MR) is 134 cm³/mol. The van der Waals surface area contributed by atoms with Crippen molar-refractivity contribution in [2.24, 2.45) is 5.92 Å². The second kappa shape index (κ2) is 14.1. The van der Waals surface area contributed by atoms with E-state index >= 15 is 0 Å². The van der Waals surface area contributed by atoms with Crippen LogP contribution in [0.5, 0.6) is 0 Å². The lowest BCUT2D eigenvalue weighted by Gasteiger charge is -2.33. The zero-order valence-electron chi connectivity index (χ0n) is 23.2. The molecule has 2 heterocycles. The molecule has 2 fully saturated rings. The summed E-state index contributed by atoms with van der Waals surface area (Å²) >= 11 is 0. The average molecular weight is 513 g/mol. The standard InChI is InChI=1S/C13H23NO4.C13H21NO4/c2*1-13(2,3)18-12(16)14-7-5-10(6-8-14)9-11(15)17-4/h10H,5-9H2,1-4H3;9H,5-8H2,1-4H3. The Bertz CT molecular complexity index is 777. The van der Waals surface area contributed by atoms with Gasteiger partial charge >= 0.3 is 24.1 Å². The molecule has 2 aliphatic rings. The molecule has 2 amide bonds. The summed E-state index contributed by atoms with van der Waals surface area (Å²) in [5.74, 6) is -0.197. The highest BCUT2D eigenvalue weighted by Crippen LogP contribution is 2.22. The maximum Gasteiger partial charge on any atom is 0.410 e. The molecular weight excluding hydrogens is 468 g/mol. The summed E-state index contributed by atoms with van der Waals surface area (Å²) in [5.41, 5.74) is 0.0840. The minimum Gasteiger partial charge on any atom is -0.469 e. The monoisotopic (exact) mass is 512 g/mol. The molecule has 0 bridgehead atoms. The van der Waals surface area contributed by atoms with Crippen LogP contribution in [0.15, 0.2) is 11.6 Å². The van der Waals surface area contributed by atoms with Crippen LogP contribution in [0, 0.1) is 5.92 Å². The van der Waals surface area contributed by atoms with Crippen molar-refractivity contribution >= 4 is 24.1 Å². The number of likely N-dealkylation sites (tertiary alicyclic amines) is 2. The Morgan fingerprint density at radius 3 is 1.61 bits per heavy atom. The molecular formula is C26H44N2O8. The van der Waals surface area contributed by atoms with E-state index in [1.165, 1.54) is 20.3 Å². The number of methoxy groups -OCH3 is 2. The molecule has 206 valence electrons. The first-order valence-corrected chi connectivity index (χ1v) is 12.4. The Morgan fingerprint density at radius 1 is 0.778 bits per heavy atom. The van der Waals surface area contributed by atoms with Crippen molar-refractivity contribution in [1.29, 1.82) is 0 Å². The van der Waals surface area contributed by atoms with Gasteiger partial charge in [0.15, 0.2) is 0 Å². The van der Waals surface area contributed by atoms with Crippen LogP contribution in [0.3, 0.4) is 0 Å². The van der Waals surface area contributed by atoms with Gasteiger partial charge in [-0.05, 0) is 73.1 Å². The lowest BCUT2D eigenvalue weighted by atomic mass is 9.94. The number of nitrogens with zero attached hydrogens (tertiary/aromatic N) is 2. The minimum absolute atomic E-state index is 0.175. The summed E-state index contributed by atoms with van der Waals surface area (Å²) in [5, 5.41) is 0. The summed E-state index contributed by atoms with van der Waals surface area (Å²) in [6, 6.07) is 0. The van der Waals surface area contributed by atoms with E-state index < -0.39 is 11.2 Å². The van der Waals surface area contributed by atoms with Crippen molar-refractivity contribution in [3.8, 4) is 0 Å². The van der Waals surface area contributed by atoms with Gasteiger partial charge in [0.2, 0.25) is 0 Å². The van der Waals surface area contributed by atoms with E-state index in [4.69, 9.17) is 9.47 Å². The molecule has 0 aromatic rings. The van der Waals surface area contributed by atoms with Gasteiger partial charge in [-0.1, -0.05) is 5.57 Å². The molecule has 0 aliphatic carbocycles. The Labute approximate surface area is 215 Å². The van der Waals surface area contributed by atoms with Crippen molar-refractivity contribution < 1.29 is 38.1 Å². The fraction of sp³-hybridized carbons (Fsp3) is 0.769. The highest BCUT2D eigenvalue weighted by atomic mass is 16.6. The number of hydrogen-bond donors (Lipinski definition) is 0. The lowest BCUT2D eigenvalue weighted by Crippen LogP contribution is -2.42. The van der Waals surface area contributed by atoms with Gasteiger partial charge in [0.05, 0.1) is 14.2 Å². The molecule has 0 aromatic carbocycles. The zero-order chi connectivity index (χ0) is 27.5. The second-order valence-corrected chi connectivity index (χ2v) is 11.0. The molecule has 0 spiro atoms. The van der Waals surface area contributed by atoms with Crippen molar-refractivity contribution in [2.75, 3.05) is 40.4 Å². The van der Waals surface area contributed by atoms with Gasteiger partial charge in [0.1, 0.15) is 11.2 Å². The molecule has 2 rings (SSSR count). The SMILES string of the molecule is COC(=O)C=C1CCN(C(=O)OC(C)(C)C)CC1.COC(=O)CC1CCN(C(=O)OC(C)(C)C)CC1. The second-order valence-electron chi connectivity index (χ2n) is 11.0. The van der Waals surface area contributed by atoms with Crippen LogP contribution < -0.4 is 0 Å². The summed E-state index contributed by atoms with van der Waals surface area (Å²) in [6.45, 7) is 13.6. The van der Waals surface area contributed by atoms with E-state index in [1.807, 2.05) is 41.5 Å². The number of ether oxygens (including phenoxy) is 4. The molecule has 2 aliphatic heterocycles. The molecule has 2 saturated heterocycles. The zero-order valence-corrected chi connectivity index (χ0v) is 23.2. The Balaban J connectivity index is 0.000000360. The Hall–Kier alpha value is -2.78. The number of esters is 2. The fourth-order valence-corrected chi connectivity index (χ4v) is 3.64. The molecule has 36 heavy (non-hydrogen) atoms. The summed E-state index contributed by atoms with van der Waals surface area (Å²) < 4.78 is 19.8. The number of amides is 2. The lowest BCUT2D eigenvalue weighted by molar-refractivity contribution is -0.142. The average Bonchev–Trinajstić information content (AvgIpc) is 2.78. The third kappa shape index (κ3) is 12.8. The van der Waals surface area contributed by atoms with Gasteiger partial charge in [-0.2, -0.15) is 0 Å². The number of piperidine rings is 2. The highest BCUT2D eigenvalue weighted by molar-refractivity contribution is 5.82. The smallest absolute Gasteiger partial charge is 0.410 e. The maximum absolute atomic E-state index is 11.8. The first-order valence-electron chi connectivity index (χ1n) is 12.4. The third-order valence-corrected chi connectivity index (χ3v) is 5.53. The molecule has 0 saturated carbocycles. The van der Waals surface area contributed by atoms with Crippen LogP contribution >= 0.6 is 0 Å². The number of rotatable bonds is 3. The number of carbonyl (C=O) groups is 4. The minimum atomic E-state index is -0.473. The van der Waals surface area contributed by atoms with E-state index in [2.05, 4.69) is 9.47 Å². The molecule has 0 aromatic heterocycles. The Kier molecular flexibility index (Phi) is 12.2. The first kappa shape index (κ1) is 31.3. The van der Waals surface area contributed by atoms with Crippen LogP contribution in [0.2, 0.25) is 0 Å². The van der Waals surface area contributed by atoms with Crippen LogP contribution in [0.4, 0.5) is 9.59 Å². The topological polar surface area (TPSA) is 112 Å². The predicted octanol–water partition coefficient (Wildman–Crippen LogP) is 4.31. The van der Waals surface area contributed by atoms with Gasteiger partial charge < -0.3 is 28.7 Å². The van der Waals surface area contributed by atoms with Crippen LogP contribution in [-0.4, -0.2) is 85.5 Å². The van der Waals surface area contributed by atoms with Gasteiger partial charge in [0.25, 0.3) is 0 Å². The van der Waals surface area contributed by atoms with Gasteiger partial charge in [-0.15, -0.1) is 0 Å². The van der Waals surface area contributed by atoms with Crippen molar-refractivity contribution in [3.05, 3.63) is 11.6 Å². The van der Waals surface area contributed by atoms with Gasteiger partial charge in [-0.25, -0.2) is 14.4 Å². The van der Waals surface area contributed by atoms with E-state index in [-0.39, 0.29) is 24.1 Å². The van der Waals surface area contributed by atoms with Gasteiger partial charge in [0, 0.05) is 38.7 Å². The molecule has 0 atom stereocenters. The first-order chi connectivity index (χ1) is 16.6. The molecule has 0 N–H and O–H groups in total. The largest absolute Gasteiger partial charge is 0.469 e. The fourth-order valence-electron chi connectivity index (χ4n) is 3.64. The van der Waals surface area contributed by atoms with Crippen LogP contribution in [0.1, 0.15) is 73.6 Å². The highest BCUT2D eigenvalue weighted by Gasteiger charge is 2.28. The van der Waals surface area contributed by atoms with Crippen molar-refractivity contribution in [2.45, 2.75) is 84.8 Å².